The Morgan fingerprint density at radius 2 is 1.77 bits per heavy atom. The van der Waals surface area contributed by atoms with Crippen LogP contribution in [-0.4, -0.2) is 31.6 Å². The molecule has 0 spiro atoms. The van der Waals surface area contributed by atoms with Crippen LogP contribution in [-0.2, 0) is 27.2 Å². The number of carbonyl (C=O) groups excluding carboxylic acids is 3. The zero-order chi connectivity index (χ0) is 23.6. The fourth-order valence-corrected chi connectivity index (χ4v) is 5.14. The van der Waals surface area contributed by atoms with Gasteiger partial charge in [-0.1, -0.05) is 45.7 Å². The first-order valence-electron chi connectivity index (χ1n) is 11.8. The maximum absolute atomic E-state index is 12.9. The number of fused-ring (bicyclic) bond motifs is 1. The number of aryl methyl sites for hydroxylation is 2. The Morgan fingerprint density at radius 3 is 2.29 bits per heavy atom. The zero-order valence-electron chi connectivity index (χ0n) is 20.7. The number of ketones is 3. The van der Waals surface area contributed by atoms with Gasteiger partial charge < -0.3 is 4.74 Å². The molecule has 0 saturated carbocycles. The second kappa shape index (κ2) is 13.6. The number of benzene rings is 1. The van der Waals surface area contributed by atoms with Crippen molar-refractivity contribution >= 4 is 17.3 Å². The molecule has 1 aliphatic carbocycles. The van der Waals surface area contributed by atoms with E-state index in [1.54, 1.807) is 14.2 Å². The summed E-state index contributed by atoms with van der Waals surface area (Å²) < 4.78 is 4.25. The molecule has 0 saturated heterocycles. The van der Waals surface area contributed by atoms with Crippen LogP contribution in [0.3, 0.4) is 0 Å². The van der Waals surface area contributed by atoms with Crippen LogP contribution in [0.15, 0.2) is 12.1 Å². The maximum Gasteiger partial charge on any atom is 0.163 e. The van der Waals surface area contributed by atoms with Crippen LogP contribution in [0, 0.1) is 24.7 Å². The number of ether oxygens (including phenoxy) is 1. The minimum Gasteiger partial charge on any atom is -0.388 e. The number of Topliss-reactive ketones (excluding diaryl/α,β-unsaturated/α-hetero) is 3. The molecule has 4 heteroatoms. The van der Waals surface area contributed by atoms with Gasteiger partial charge in [-0.3, -0.25) is 14.4 Å². The fraction of sp³-hybridized carbons (Fsp3) is 0.667. The van der Waals surface area contributed by atoms with E-state index in [1.807, 2.05) is 13.8 Å². The van der Waals surface area contributed by atoms with Crippen LogP contribution in [0.25, 0.3) is 0 Å². The van der Waals surface area contributed by atoms with Crippen LogP contribution < -0.4 is 0 Å². The Bertz CT molecular complexity index is 750. The molecule has 0 fully saturated rings. The summed E-state index contributed by atoms with van der Waals surface area (Å²) in [7, 11) is 3.25. The van der Waals surface area contributed by atoms with Gasteiger partial charge in [-0.25, -0.2) is 0 Å². The summed E-state index contributed by atoms with van der Waals surface area (Å²) in [5.41, 5.74) is 4.55. The lowest BCUT2D eigenvalue weighted by molar-refractivity contribution is -0.129. The average molecular weight is 431 g/mol. The van der Waals surface area contributed by atoms with Gasteiger partial charge in [0.05, 0.1) is 6.42 Å². The first kappa shape index (κ1) is 27.2. The summed E-state index contributed by atoms with van der Waals surface area (Å²) >= 11 is 0. The average Bonchev–Trinajstić information content (AvgIpc) is 2.68. The zero-order valence-corrected chi connectivity index (χ0v) is 20.7. The molecule has 31 heavy (non-hydrogen) atoms. The fourth-order valence-electron chi connectivity index (χ4n) is 5.14. The molecule has 3 unspecified atom stereocenters. The molecule has 174 valence electrons. The molecular weight excluding hydrogens is 388 g/mol. The second-order valence-corrected chi connectivity index (χ2v) is 9.00. The summed E-state index contributed by atoms with van der Waals surface area (Å²) in [5, 5.41) is 0. The third kappa shape index (κ3) is 7.68. The highest BCUT2D eigenvalue weighted by Gasteiger charge is 2.33. The molecule has 2 rings (SSSR count). The molecule has 0 N–H and O–H groups in total. The van der Waals surface area contributed by atoms with Crippen molar-refractivity contribution in [1.29, 1.82) is 0 Å². The van der Waals surface area contributed by atoms with Gasteiger partial charge in [0.15, 0.2) is 5.78 Å². The monoisotopic (exact) mass is 430 g/mol. The molecule has 3 atom stereocenters. The van der Waals surface area contributed by atoms with Gasteiger partial charge in [0.2, 0.25) is 0 Å². The quantitative estimate of drug-likeness (QED) is 0.431. The van der Waals surface area contributed by atoms with Crippen molar-refractivity contribution in [2.75, 3.05) is 14.2 Å². The van der Waals surface area contributed by atoms with E-state index in [2.05, 4.69) is 30.7 Å². The van der Waals surface area contributed by atoms with Crippen LogP contribution in [0.5, 0.6) is 0 Å². The van der Waals surface area contributed by atoms with E-state index >= 15 is 0 Å². The van der Waals surface area contributed by atoms with E-state index in [1.165, 1.54) is 18.1 Å². The summed E-state index contributed by atoms with van der Waals surface area (Å²) in [6.07, 6.45) is 6.17. The molecule has 0 heterocycles. The van der Waals surface area contributed by atoms with Gasteiger partial charge in [0, 0.05) is 32.1 Å². The molecule has 0 amide bonds. The van der Waals surface area contributed by atoms with Crippen molar-refractivity contribution in [2.45, 2.75) is 86.0 Å². The SMILES string of the molecule is CCCC(CC1CC(=O)c2c(C)ccc(CC)c2C1)C(CC)C(=O)CC(C)=O.COC. The summed E-state index contributed by atoms with van der Waals surface area (Å²) in [6, 6.07) is 4.24. The first-order valence-corrected chi connectivity index (χ1v) is 11.8. The van der Waals surface area contributed by atoms with Crippen LogP contribution >= 0.6 is 0 Å². The first-order chi connectivity index (χ1) is 14.7. The molecule has 0 bridgehead atoms. The highest BCUT2D eigenvalue weighted by atomic mass is 16.4. The Labute approximate surface area is 189 Å². The molecule has 1 aromatic rings. The Hall–Kier alpha value is -1.81. The van der Waals surface area contributed by atoms with Gasteiger partial charge in [-0.05, 0) is 68.1 Å². The molecule has 1 aliphatic rings. The molecule has 0 aromatic heterocycles. The van der Waals surface area contributed by atoms with E-state index in [0.29, 0.717) is 12.3 Å². The van der Waals surface area contributed by atoms with E-state index in [0.717, 1.165) is 49.7 Å². The number of hydrogen-bond donors (Lipinski definition) is 0. The van der Waals surface area contributed by atoms with Crippen LogP contribution in [0.4, 0.5) is 0 Å². The Morgan fingerprint density at radius 1 is 1.13 bits per heavy atom. The standard InChI is InChI=1S/C25H36O3.C2H6O/c1-6-9-20(21(8-3)23(27)12-17(5)26)13-18-14-22-19(7-2)11-10-16(4)25(22)24(28)15-18;1-3-2/h10-11,18,20-21H,6-9,12-15H2,1-5H3;1-2H3. The number of hydrogen-bond acceptors (Lipinski definition) is 4. The summed E-state index contributed by atoms with van der Waals surface area (Å²) in [5.74, 6) is 0.782. The molecule has 1 aromatic carbocycles. The lowest BCUT2D eigenvalue weighted by Crippen LogP contribution is -2.30. The molecule has 0 radical (unpaired) electrons. The highest BCUT2D eigenvalue weighted by Crippen LogP contribution is 2.37. The predicted octanol–water partition coefficient (Wildman–Crippen LogP) is 5.95. The van der Waals surface area contributed by atoms with Crippen molar-refractivity contribution in [3.8, 4) is 0 Å². The Balaban J connectivity index is 0.00000151. The minimum atomic E-state index is -0.0662. The van der Waals surface area contributed by atoms with Crippen molar-refractivity contribution in [1.82, 2.24) is 0 Å². The van der Waals surface area contributed by atoms with Gasteiger partial charge in [0.25, 0.3) is 0 Å². The minimum absolute atomic E-state index is 0.0460. The molecular formula is C27H42O4. The second-order valence-electron chi connectivity index (χ2n) is 9.00. The van der Waals surface area contributed by atoms with E-state index in [9.17, 15) is 14.4 Å². The van der Waals surface area contributed by atoms with E-state index in [4.69, 9.17) is 0 Å². The van der Waals surface area contributed by atoms with Gasteiger partial charge in [-0.15, -0.1) is 0 Å². The summed E-state index contributed by atoms with van der Waals surface area (Å²) in [6.45, 7) is 9.86. The third-order valence-corrected chi connectivity index (χ3v) is 6.39. The van der Waals surface area contributed by atoms with E-state index in [-0.39, 0.29) is 35.6 Å². The van der Waals surface area contributed by atoms with Crippen LogP contribution in [0.2, 0.25) is 0 Å². The lowest BCUT2D eigenvalue weighted by atomic mass is 9.71. The van der Waals surface area contributed by atoms with Crippen molar-refractivity contribution in [3.05, 3.63) is 34.4 Å². The van der Waals surface area contributed by atoms with Crippen molar-refractivity contribution in [3.63, 3.8) is 0 Å². The van der Waals surface area contributed by atoms with Crippen molar-refractivity contribution < 1.29 is 19.1 Å². The highest BCUT2D eigenvalue weighted by molar-refractivity contribution is 6.00. The smallest absolute Gasteiger partial charge is 0.163 e. The number of carbonyl (C=O) groups is 3. The van der Waals surface area contributed by atoms with E-state index < -0.39 is 0 Å². The Kier molecular flexibility index (Phi) is 11.9. The van der Waals surface area contributed by atoms with Gasteiger partial charge in [-0.2, -0.15) is 0 Å². The largest absolute Gasteiger partial charge is 0.388 e. The molecule has 4 nitrogen and oxygen atoms in total. The predicted molar refractivity (Wildman–Crippen MR) is 127 cm³/mol. The van der Waals surface area contributed by atoms with Crippen molar-refractivity contribution in [2.24, 2.45) is 17.8 Å². The third-order valence-electron chi connectivity index (χ3n) is 6.39. The van der Waals surface area contributed by atoms with Gasteiger partial charge in [0.1, 0.15) is 11.6 Å². The number of rotatable bonds is 10. The summed E-state index contributed by atoms with van der Waals surface area (Å²) in [4.78, 5) is 37.1. The van der Waals surface area contributed by atoms with Crippen LogP contribution in [0.1, 0.15) is 93.3 Å². The normalized spacial score (nSPS) is 17.3. The lowest BCUT2D eigenvalue weighted by Gasteiger charge is -2.32. The molecule has 0 aliphatic heterocycles. The van der Waals surface area contributed by atoms with Gasteiger partial charge >= 0.3 is 0 Å². The topological polar surface area (TPSA) is 60.4 Å². The number of methoxy groups -OCH3 is 1. The maximum atomic E-state index is 12.9.